The maximum absolute atomic E-state index is 13.1. The quantitative estimate of drug-likeness (QED) is 0.841. The van der Waals surface area contributed by atoms with Crippen molar-refractivity contribution >= 4 is 10.0 Å². The highest BCUT2D eigenvalue weighted by Gasteiger charge is 2.36. The summed E-state index contributed by atoms with van der Waals surface area (Å²) < 4.78 is 51.7. The normalized spacial score (nSPS) is 20.6. The second kappa shape index (κ2) is 6.31. The van der Waals surface area contributed by atoms with Gasteiger partial charge in [-0.2, -0.15) is 4.31 Å². The van der Waals surface area contributed by atoms with Gasteiger partial charge in [0.25, 0.3) is 0 Å². The van der Waals surface area contributed by atoms with Crippen molar-refractivity contribution in [2.45, 2.75) is 23.8 Å². The number of fused-ring (bicyclic) bond motifs is 1. The van der Waals surface area contributed by atoms with Crippen molar-refractivity contribution in [3.05, 3.63) is 53.8 Å². The van der Waals surface area contributed by atoms with E-state index in [0.29, 0.717) is 31.3 Å². The Hall–Kier alpha value is -2.12. The van der Waals surface area contributed by atoms with Gasteiger partial charge < -0.3 is 9.47 Å². The minimum absolute atomic E-state index is 0.110. The van der Waals surface area contributed by atoms with Gasteiger partial charge >= 0.3 is 0 Å². The highest BCUT2D eigenvalue weighted by Crippen LogP contribution is 2.40. The van der Waals surface area contributed by atoms with Crippen molar-refractivity contribution in [1.82, 2.24) is 4.31 Å². The molecule has 2 aliphatic heterocycles. The fourth-order valence-electron chi connectivity index (χ4n) is 3.37. The van der Waals surface area contributed by atoms with Crippen LogP contribution < -0.4 is 9.47 Å². The monoisotopic (exact) mass is 363 g/mol. The molecule has 0 aliphatic carbocycles. The van der Waals surface area contributed by atoms with Gasteiger partial charge in [-0.3, -0.25) is 0 Å². The molecule has 25 heavy (non-hydrogen) atoms. The van der Waals surface area contributed by atoms with E-state index in [9.17, 15) is 12.8 Å². The number of halogens is 1. The van der Waals surface area contributed by atoms with Gasteiger partial charge in [-0.25, -0.2) is 12.8 Å². The number of hydrogen-bond acceptors (Lipinski definition) is 4. The minimum Gasteiger partial charge on any atom is -0.486 e. The van der Waals surface area contributed by atoms with Gasteiger partial charge in [0, 0.05) is 6.54 Å². The molecule has 0 saturated carbocycles. The van der Waals surface area contributed by atoms with Gasteiger partial charge in [0.2, 0.25) is 10.0 Å². The molecule has 0 amide bonds. The van der Waals surface area contributed by atoms with Crippen molar-refractivity contribution in [1.29, 1.82) is 0 Å². The van der Waals surface area contributed by atoms with Crippen molar-refractivity contribution in [3.63, 3.8) is 0 Å². The molecule has 1 fully saturated rings. The highest BCUT2D eigenvalue weighted by atomic mass is 32.2. The predicted octanol–water partition coefficient (Wildman–Crippen LogP) is 3.12. The molecule has 0 radical (unpaired) electrons. The van der Waals surface area contributed by atoms with E-state index in [2.05, 4.69) is 0 Å². The number of sulfonamides is 1. The third-order valence-electron chi connectivity index (χ3n) is 4.57. The summed E-state index contributed by atoms with van der Waals surface area (Å²) in [6.07, 6.45) is 1.51. The Bertz CT molecular complexity index is 882. The zero-order valence-corrected chi connectivity index (χ0v) is 14.3. The van der Waals surface area contributed by atoms with Crippen LogP contribution in [0.1, 0.15) is 24.4 Å². The Morgan fingerprint density at radius 1 is 1.00 bits per heavy atom. The highest BCUT2D eigenvalue weighted by molar-refractivity contribution is 7.89. The van der Waals surface area contributed by atoms with Gasteiger partial charge in [0.1, 0.15) is 19.0 Å². The molecule has 4 rings (SSSR count). The summed E-state index contributed by atoms with van der Waals surface area (Å²) in [4.78, 5) is 0.110. The van der Waals surface area contributed by atoms with Crippen LogP contribution in [0, 0.1) is 5.82 Å². The molecule has 5 nitrogen and oxygen atoms in total. The Balaban J connectivity index is 1.67. The van der Waals surface area contributed by atoms with Gasteiger partial charge in [-0.1, -0.05) is 6.07 Å². The van der Waals surface area contributed by atoms with Crippen LogP contribution in [-0.4, -0.2) is 32.5 Å². The smallest absolute Gasteiger partial charge is 0.243 e. The summed E-state index contributed by atoms with van der Waals surface area (Å²) in [5, 5.41) is 0. The topological polar surface area (TPSA) is 55.8 Å². The van der Waals surface area contributed by atoms with E-state index in [1.165, 1.54) is 28.6 Å². The van der Waals surface area contributed by atoms with Gasteiger partial charge in [0.05, 0.1) is 10.9 Å². The maximum Gasteiger partial charge on any atom is 0.243 e. The van der Waals surface area contributed by atoms with Crippen LogP contribution in [0.3, 0.4) is 0 Å². The van der Waals surface area contributed by atoms with Crippen molar-refractivity contribution < 1.29 is 22.3 Å². The van der Waals surface area contributed by atoms with Crippen LogP contribution in [0.15, 0.2) is 47.4 Å². The predicted molar refractivity (Wildman–Crippen MR) is 89.7 cm³/mol. The molecule has 1 saturated heterocycles. The first-order chi connectivity index (χ1) is 12.1. The lowest BCUT2D eigenvalue weighted by Crippen LogP contribution is -2.30. The molecule has 132 valence electrons. The number of benzene rings is 2. The molecule has 7 heteroatoms. The van der Waals surface area contributed by atoms with E-state index in [1.54, 1.807) is 0 Å². The van der Waals surface area contributed by atoms with E-state index in [-0.39, 0.29) is 10.9 Å². The fraction of sp³-hybridized carbons (Fsp3) is 0.333. The lowest BCUT2D eigenvalue weighted by molar-refractivity contribution is 0.171. The SMILES string of the molecule is O=S(=O)(c1ccc(F)cc1)N1CCCC1c1ccc2c(c1)OCCO2. The van der Waals surface area contributed by atoms with Crippen LogP contribution >= 0.6 is 0 Å². The molecular weight excluding hydrogens is 345 g/mol. The van der Waals surface area contributed by atoms with Crippen molar-refractivity contribution in [2.24, 2.45) is 0 Å². The molecule has 2 aromatic carbocycles. The van der Waals surface area contributed by atoms with Crippen LogP contribution in [0.4, 0.5) is 4.39 Å². The van der Waals surface area contributed by atoms with E-state index in [1.807, 2.05) is 18.2 Å². The lowest BCUT2D eigenvalue weighted by atomic mass is 10.0. The van der Waals surface area contributed by atoms with E-state index in [0.717, 1.165) is 18.4 Å². The average Bonchev–Trinajstić information content (AvgIpc) is 3.12. The molecule has 2 aliphatic rings. The first-order valence-electron chi connectivity index (χ1n) is 8.23. The average molecular weight is 363 g/mol. The van der Waals surface area contributed by atoms with Crippen LogP contribution in [-0.2, 0) is 10.0 Å². The molecule has 0 bridgehead atoms. The summed E-state index contributed by atoms with van der Waals surface area (Å²) in [7, 11) is -3.68. The summed E-state index contributed by atoms with van der Waals surface area (Å²) in [6, 6.07) is 10.3. The Morgan fingerprint density at radius 3 is 2.48 bits per heavy atom. The number of rotatable bonds is 3. The maximum atomic E-state index is 13.1. The Morgan fingerprint density at radius 2 is 1.72 bits per heavy atom. The van der Waals surface area contributed by atoms with Crippen molar-refractivity contribution in [2.75, 3.05) is 19.8 Å². The fourth-order valence-corrected chi connectivity index (χ4v) is 5.05. The lowest BCUT2D eigenvalue weighted by Gasteiger charge is -2.26. The zero-order valence-electron chi connectivity index (χ0n) is 13.5. The minimum atomic E-state index is -3.68. The summed E-state index contributed by atoms with van der Waals surface area (Å²) >= 11 is 0. The van der Waals surface area contributed by atoms with Gasteiger partial charge in [-0.15, -0.1) is 0 Å². The van der Waals surface area contributed by atoms with Crippen LogP contribution in [0.5, 0.6) is 11.5 Å². The van der Waals surface area contributed by atoms with Gasteiger partial charge in [0.15, 0.2) is 11.5 Å². The van der Waals surface area contributed by atoms with E-state index >= 15 is 0 Å². The van der Waals surface area contributed by atoms with Crippen LogP contribution in [0.25, 0.3) is 0 Å². The molecule has 2 heterocycles. The number of hydrogen-bond donors (Lipinski definition) is 0. The van der Waals surface area contributed by atoms with Crippen LogP contribution in [0.2, 0.25) is 0 Å². The number of ether oxygens (including phenoxy) is 2. The van der Waals surface area contributed by atoms with E-state index in [4.69, 9.17) is 9.47 Å². The molecular formula is C18H18FNO4S. The molecule has 2 aromatic rings. The summed E-state index contributed by atoms with van der Waals surface area (Å²) in [5.41, 5.74) is 0.882. The molecule has 0 aromatic heterocycles. The zero-order chi connectivity index (χ0) is 17.4. The Kier molecular flexibility index (Phi) is 4.13. The Labute approximate surface area is 146 Å². The van der Waals surface area contributed by atoms with E-state index < -0.39 is 15.8 Å². The van der Waals surface area contributed by atoms with Crippen molar-refractivity contribution in [3.8, 4) is 11.5 Å². The molecule has 1 atom stereocenters. The number of nitrogens with zero attached hydrogens (tertiary/aromatic N) is 1. The largest absolute Gasteiger partial charge is 0.486 e. The molecule has 0 N–H and O–H groups in total. The third kappa shape index (κ3) is 2.98. The third-order valence-corrected chi connectivity index (χ3v) is 6.50. The summed E-state index contributed by atoms with van der Waals surface area (Å²) in [6.45, 7) is 1.44. The standard InChI is InChI=1S/C18H18FNO4S/c19-14-4-6-15(7-5-14)25(21,22)20-9-1-2-16(20)13-3-8-17-18(12-13)24-11-10-23-17/h3-8,12,16H,1-2,9-11H2. The molecule has 0 spiro atoms. The second-order valence-electron chi connectivity index (χ2n) is 6.13. The summed E-state index contributed by atoms with van der Waals surface area (Å²) in [5.74, 6) is 0.875. The van der Waals surface area contributed by atoms with Gasteiger partial charge in [-0.05, 0) is 54.8 Å². The first kappa shape index (κ1) is 16.4. The second-order valence-corrected chi connectivity index (χ2v) is 8.02. The molecule has 1 unspecified atom stereocenters. The first-order valence-corrected chi connectivity index (χ1v) is 9.67.